The molecular formula is C17H27NO. The van der Waals surface area contributed by atoms with Gasteiger partial charge in [-0.3, -0.25) is 4.79 Å². The van der Waals surface area contributed by atoms with E-state index in [1.54, 1.807) is 0 Å². The zero-order valence-electron chi connectivity index (χ0n) is 13.1. The number of benzene rings is 1. The second kappa shape index (κ2) is 6.23. The summed E-state index contributed by atoms with van der Waals surface area (Å²) >= 11 is 0. The molecule has 0 heterocycles. The second-order valence-corrected chi connectivity index (χ2v) is 6.54. The minimum Gasteiger partial charge on any atom is -0.349 e. The highest BCUT2D eigenvalue weighted by molar-refractivity contribution is 5.81. The van der Waals surface area contributed by atoms with E-state index in [9.17, 15) is 4.79 Å². The van der Waals surface area contributed by atoms with Gasteiger partial charge in [0.1, 0.15) is 0 Å². The minimum atomic E-state index is -0.351. The summed E-state index contributed by atoms with van der Waals surface area (Å²) < 4.78 is 0. The molecule has 0 saturated heterocycles. The number of hydrogen-bond donors (Lipinski definition) is 1. The summed E-state index contributed by atoms with van der Waals surface area (Å²) in [6, 6.07) is 8.64. The Morgan fingerprint density at radius 3 is 2.05 bits per heavy atom. The van der Waals surface area contributed by atoms with Crippen LogP contribution >= 0.6 is 0 Å². The average Bonchev–Trinajstić information content (AvgIpc) is 2.34. The van der Waals surface area contributed by atoms with E-state index in [0.29, 0.717) is 5.92 Å². The third-order valence-corrected chi connectivity index (χ3v) is 3.38. The maximum absolute atomic E-state index is 12.2. The molecule has 0 bridgehead atoms. The smallest absolute Gasteiger partial charge is 0.225 e. The topological polar surface area (TPSA) is 29.1 Å². The Morgan fingerprint density at radius 1 is 1.16 bits per heavy atom. The van der Waals surface area contributed by atoms with Crippen LogP contribution in [0.4, 0.5) is 0 Å². The van der Waals surface area contributed by atoms with Crippen LogP contribution in [0.5, 0.6) is 0 Å². The third kappa shape index (κ3) is 4.38. The van der Waals surface area contributed by atoms with Crippen molar-refractivity contribution in [3.8, 4) is 0 Å². The van der Waals surface area contributed by atoms with Gasteiger partial charge in [0.25, 0.3) is 0 Å². The SMILES string of the molecule is CCc1ccc(C(NC(=O)C(C)(C)C)C(C)C)cc1. The summed E-state index contributed by atoms with van der Waals surface area (Å²) in [7, 11) is 0. The molecule has 1 aromatic carbocycles. The van der Waals surface area contributed by atoms with Gasteiger partial charge in [0, 0.05) is 5.41 Å². The van der Waals surface area contributed by atoms with Gasteiger partial charge in [-0.15, -0.1) is 0 Å². The van der Waals surface area contributed by atoms with Gasteiger partial charge in [0.05, 0.1) is 6.04 Å². The Hall–Kier alpha value is -1.31. The van der Waals surface area contributed by atoms with Crippen LogP contribution in [0, 0.1) is 11.3 Å². The van der Waals surface area contributed by atoms with Gasteiger partial charge in [-0.2, -0.15) is 0 Å². The fraction of sp³-hybridized carbons (Fsp3) is 0.588. The van der Waals surface area contributed by atoms with E-state index in [1.165, 1.54) is 11.1 Å². The van der Waals surface area contributed by atoms with Gasteiger partial charge >= 0.3 is 0 Å². The lowest BCUT2D eigenvalue weighted by atomic mass is 9.91. The molecule has 0 aromatic heterocycles. The molecule has 106 valence electrons. The van der Waals surface area contributed by atoms with Gasteiger partial charge in [-0.1, -0.05) is 65.8 Å². The summed E-state index contributed by atoms with van der Waals surface area (Å²) in [4.78, 5) is 12.2. The first-order valence-corrected chi connectivity index (χ1v) is 7.15. The Balaban J connectivity index is 2.91. The highest BCUT2D eigenvalue weighted by Gasteiger charge is 2.26. The molecular weight excluding hydrogens is 234 g/mol. The predicted molar refractivity (Wildman–Crippen MR) is 81.0 cm³/mol. The van der Waals surface area contributed by atoms with E-state index in [1.807, 2.05) is 20.8 Å². The van der Waals surface area contributed by atoms with Gasteiger partial charge in [0.15, 0.2) is 0 Å². The lowest BCUT2D eigenvalue weighted by Crippen LogP contribution is -2.39. The summed E-state index contributed by atoms with van der Waals surface area (Å²) in [5.74, 6) is 0.476. The maximum atomic E-state index is 12.2. The third-order valence-electron chi connectivity index (χ3n) is 3.38. The normalized spacial score (nSPS) is 13.4. The van der Waals surface area contributed by atoms with E-state index in [-0.39, 0.29) is 17.4 Å². The predicted octanol–water partition coefficient (Wildman–Crippen LogP) is 4.11. The van der Waals surface area contributed by atoms with Crippen LogP contribution in [0.25, 0.3) is 0 Å². The standard InChI is InChI=1S/C17H27NO/c1-7-13-8-10-14(11-9-13)15(12(2)3)18-16(19)17(4,5)6/h8-12,15H,7H2,1-6H3,(H,18,19). The van der Waals surface area contributed by atoms with Crippen LogP contribution in [0.1, 0.15) is 58.7 Å². The second-order valence-electron chi connectivity index (χ2n) is 6.54. The number of amides is 1. The molecule has 0 spiro atoms. The first-order valence-electron chi connectivity index (χ1n) is 7.15. The van der Waals surface area contributed by atoms with E-state index in [4.69, 9.17) is 0 Å². The molecule has 0 aliphatic heterocycles. The van der Waals surface area contributed by atoms with Crippen molar-refractivity contribution >= 4 is 5.91 Å². The number of carbonyl (C=O) groups is 1. The van der Waals surface area contributed by atoms with Crippen LogP contribution in [-0.2, 0) is 11.2 Å². The number of rotatable bonds is 4. The van der Waals surface area contributed by atoms with E-state index < -0.39 is 0 Å². The molecule has 1 aromatic rings. The highest BCUT2D eigenvalue weighted by atomic mass is 16.2. The Bertz CT molecular complexity index is 412. The Kier molecular flexibility index (Phi) is 5.16. The van der Waals surface area contributed by atoms with E-state index in [0.717, 1.165) is 6.42 Å². The van der Waals surface area contributed by atoms with Crippen molar-refractivity contribution in [2.24, 2.45) is 11.3 Å². The quantitative estimate of drug-likeness (QED) is 0.868. The van der Waals surface area contributed by atoms with Gasteiger partial charge in [-0.25, -0.2) is 0 Å². The van der Waals surface area contributed by atoms with Crippen LogP contribution in [-0.4, -0.2) is 5.91 Å². The molecule has 0 fully saturated rings. The molecule has 0 radical (unpaired) electrons. The molecule has 19 heavy (non-hydrogen) atoms. The molecule has 1 N–H and O–H groups in total. The minimum absolute atomic E-state index is 0.0811. The van der Waals surface area contributed by atoms with E-state index in [2.05, 4.69) is 50.4 Å². The maximum Gasteiger partial charge on any atom is 0.225 e. The Morgan fingerprint density at radius 2 is 1.68 bits per heavy atom. The fourth-order valence-electron chi connectivity index (χ4n) is 1.95. The van der Waals surface area contributed by atoms with Gasteiger partial charge < -0.3 is 5.32 Å². The summed E-state index contributed by atoms with van der Waals surface area (Å²) in [6.45, 7) is 12.3. The number of carbonyl (C=O) groups excluding carboxylic acids is 1. The molecule has 2 heteroatoms. The lowest BCUT2D eigenvalue weighted by Gasteiger charge is -2.27. The molecule has 0 saturated carbocycles. The zero-order chi connectivity index (χ0) is 14.6. The molecule has 0 aliphatic carbocycles. The molecule has 2 nitrogen and oxygen atoms in total. The van der Waals surface area contributed by atoms with E-state index >= 15 is 0 Å². The van der Waals surface area contributed by atoms with Crippen LogP contribution in [0.3, 0.4) is 0 Å². The van der Waals surface area contributed by atoms with Gasteiger partial charge in [0.2, 0.25) is 5.91 Å². The molecule has 1 unspecified atom stereocenters. The first-order chi connectivity index (χ1) is 8.75. The average molecular weight is 261 g/mol. The molecule has 0 aliphatic rings. The lowest BCUT2D eigenvalue weighted by molar-refractivity contribution is -0.129. The number of aryl methyl sites for hydroxylation is 1. The Labute approximate surface area is 117 Å². The van der Waals surface area contributed by atoms with Gasteiger partial charge in [-0.05, 0) is 23.5 Å². The summed E-state index contributed by atoms with van der Waals surface area (Å²) in [5.41, 5.74) is 2.16. The summed E-state index contributed by atoms with van der Waals surface area (Å²) in [6.07, 6.45) is 1.04. The zero-order valence-corrected chi connectivity index (χ0v) is 13.1. The molecule has 1 rings (SSSR count). The van der Waals surface area contributed by atoms with Crippen molar-refractivity contribution in [1.82, 2.24) is 5.32 Å². The first kappa shape index (κ1) is 15.7. The highest BCUT2D eigenvalue weighted by Crippen LogP contribution is 2.24. The molecule has 1 atom stereocenters. The number of nitrogens with one attached hydrogen (secondary N) is 1. The number of hydrogen-bond acceptors (Lipinski definition) is 1. The van der Waals surface area contributed by atoms with Crippen molar-refractivity contribution in [3.05, 3.63) is 35.4 Å². The van der Waals surface area contributed by atoms with Crippen molar-refractivity contribution in [1.29, 1.82) is 0 Å². The largest absolute Gasteiger partial charge is 0.349 e. The van der Waals surface area contributed by atoms with Crippen molar-refractivity contribution in [2.75, 3.05) is 0 Å². The van der Waals surface area contributed by atoms with Crippen molar-refractivity contribution in [3.63, 3.8) is 0 Å². The molecule has 1 amide bonds. The fourth-order valence-corrected chi connectivity index (χ4v) is 1.95. The van der Waals surface area contributed by atoms with Crippen molar-refractivity contribution < 1.29 is 4.79 Å². The van der Waals surface area contributed by atoms with Crippen LogP contribution in [0.2, 0.25) is 0 Å². The van der Waals surface area contributed by atoms with Crippen LogP contribution < -0.4 is 5.32 Å². The van der Waals surface area contributed by atoms with Crippen LogP contribution in [0.15, 0.2) is 24.3 Å². The summed E-state index contributed by atoms with van der Waals surface area (Å²) in [5, 5.41) is 3.17. The monoisotopic (exact) mass is 261 g/mol. The van der Waals surface area contributed by atoms with Crippen molar-refractivity contribution in [2.45, 2.75) is 54.0 Å².